The topological polar surface area (TPSA) is 92.7 Å². The van der Waals surface area contributed by atoms with E-state index in [9.17, 15) is 31.5 Å². The molecule has 0 atom stereocenters. The molecule has 0 aliphatic heterocycles. The fourth-order valence-corrected chi connectivity index (χ4v) is 3.51. The molecular weight excluding hydrogens is 387 g/mol. The summed E-state index contributed by atoms with van der Waals surface area (Å²) in [4.78, 5) is 10.5. The highest BCUT2D eigenvalue weighted by Gasteiger charge is 2.38. The first-order chi connectivity index (χ1) is 12.6. The molecule has 146 valence electrons. The first-order valence-electron chi connectivity index (χ1n) is 7.62. The fraction of sp³-hybridized carbons (Fsp3) is 0.235. The van der Waals surface area contributed by atoms with Crippen LogP contribution in [-0.4, -0.2) is 39.3 Å². The number of nitrogens with one attached hydrogen (secondary N) is 1. The first kappa shape index (κ1) is 20.6. The molecule has 0 bridgehead atoms. The second-order valence-corrected chi connectivity index (χ2v) is 7.43. The number of amides is 1. The Morgan fingerprint density at radius 2 is 1.70 bits per heavy atom. The molecule has 0 unspecified atom stereocenters. The van der Waals surface area contributed by atoms with E-state index in [-0.39, 0.29) is 34.3 Å². The van der Waals surface area contributed by atoms with Crippen LogP contribution in [0, 0.1) is 0 Å². The predicted octanol–water partition coefficient (Wildman–Crippen LogP) is 2.45. The van der Waals surface area contributed by atoms with Crippen LogP contribution in [0.3, 0.4) is 0 Å². The van der Waals surface area contributed by atoms with Gasteiger partial charge in [0.1, 0.15) is 0 Å². The number of aromatic hydroxyl groups is 1. The van der Waals surface area contributed by atoms with Crippen LogP contribution in [0.1, 0.15) is 5.56 Å². The third-order valence-electron chi connectivity index (χ3n) is 3.65. The number of benzene rings is 2. The van der Waals surface area contributed by atoms with E-state index in [1.165, 1.54) is 43.5 Å². The lowest BCUT2D eigenvalue weighted by Crippen LogP contribution is -2.37. The van der Waals surface area contributed by atoms with E-state index in [0.717, 1.165) is 6.07 Å². The molecule has 0 aromatic heterocycles. The molecule has 0 aliphatic rings. The molecular formula is C17H16F3NO5S. The minimum Gasteiger partial charge on any atom is -0.504 e. The number of alkyl halides is 3. The highest BCUT2D eigenvalue weighted by Crippen LogP contribution is 2.31. The van der Waals surface area contributed by atoms with Crippen molar-refractivity contribution in [3.63, 3.8) is 0 Å². The molecule has 2 N–H and O–H groups in total. The van der Waals surface area contributed by atoms with Crippen LogP contribution in [0.2, 0.25) is 0 Å². The summed E-state index contributed by atoms with van der Waals surface area (Å²) in [5, 5.41) is 11.5. The van der Waals surface area contributed by atoms with E-state index in [4.69, 9.17) is 4.74 Å². The number of hydrogen-bond acceptors (Lipinski definition) is 5. The SMILES string of the molecule is COc1ccc(S(=O)(=O)c2ccc(CCNC(=O)C(F)(F)F)cc2)cc1O. The summed E-state index contributed by atoms with van der Waals surface area (Å²) in [7, 11) is -2.56. The van der Waals surface area contributed by atoms with Crippen molar-refractivity contribution in [2.75, 3.05) is 13.7 Å². The first-order valence-corrected chi connectivity index (χ1v) is 9.10. The third kappa shape index (κ3) is 4.91. The number of carbonyl (C=O) groups is 1. The monoisotopic (exact) mass is 403 g/mol. The predicted molar refractivity (Wildman–Crippen MR) is 89.3 cm³/mol. The van der Waals surface area contributed by atoms with Crippen LogP contribution in [0.15, 0.2) is 52.3 Å². The highest BCUT2D eigenvalue weighted by molar-refractivity contribution is 7.91. The molecule has 27 heavy (non-hydrogen) atoms. The Kier molecular flexibility index (Phi) is 5.99. The molecule has 0 radical (unpaired) electrons. The number of carbonyl (C=O) groups excluding carboxylic acids is 1. The van der Waals surface area contributed by atoms with Crippen LogP contribution < -0.4 is 10.1 Å². The fourth-order valence-electron chi connectivity index (χ4n) is 2.23. The molecule has 10 heteroatoms. The number of ether oxygens (including phenoxy) is 1. The van der Waals surface area contributed by atoms with Crippen molar-refractivity contribution in [2.24, 2.45) is 0 Å². The van der Waals surface area contributed by atoms with E-state index in [1.54, 1.807) is 5.32 Å². The number of methoxy groups -OCH3 is 1. The number of phenolic OH excluding ortho intramolecular Hbond substituents is 1. The van der Waals surface area contributed by atoms with Crippen molar-refractivity contribution in [3.05, 3.63) is 48.0 Å². The van der Waals surface area contributed by atoms with E-state index in [0.29, 0.717) is 5.56 Å². The van der Waals surface area contributed by atoms with Crippen LogP contribution in [-0.2, 0) is 21.1 Å². The maximum Gasteiger partial charge on any atom is 0.471 e. The normalized spacial score (nSPS) is 11.9. The van der Waals surface area contributed by atoms with E-state index in [2.05, 4.69) is 0 Å². The van der Waals surface area contributed by atoms with E-state index >= 15 is 0 Å². The number of phenols is 1. The number of halogens is 3. The minimum absolute atomic E-state index is 0.0462. The quantitative estimate of drug-likeness (QED) is 0.773. The van der Waals surface area contributed by atoms with E-state index in [1.807, 2.05) is 0 Å². The van der Waals surface area contributed by atoms with Crippen LogP contribution in [0.5, 0.6) is 11.5 Å². The van der Waals surface area contributed by atoms with Gasteiger partial charge in [-0.25, -0.2) is 8.42 Å². The maximum atomic E-state index is 12.6. The van der Waals surface area contributed by atoms with Crippen molar-refractivity contribution < 1.29 is 36.2 Å². The Bertz CT molecular complexity index is 925. The van der Waals surface area contributed by atoms with E-state index < -0.39 is 21.9 Å². The van der Waals surface area contributed by atoms with Crippen LogP contribution >= 0.6 is 0 Å². The maximum absolute atomic E-state index is 12.6. The third-order valence-corrected chi connectivity index (χ3v) is 5.42. The minimum atomic E-state index is -4.94. The van der Waals surface area contributed by atoms with Gasteiger partial charge in [0.25, 0.3) is 0 Å². The summed E-state index contributed by atoms with van der Waals surface area (Å²) >= 11 is 0. The molecule has 0 heterocycles. The summed E-state index contributed by atoms with van der Waals surface area (Å²) in [5.74, 6) is -2.22. The number of sulfone groups is 1. The summed E-state index contributed by atoms with van der Waals surface area (Å²) in [6.45, 7) is -0.239. The van der Waals surface area contributed by atoms with Gasteiger partial charge in [0.2, 0.25) is 9.84 Å². The lowest BCUT2D eigenvalue weighted by atomic mass is 10.1. The molecule has 0 aliphatic carbocycles. The van der Waals surface area contributed by atoms with Gasteiger partial charge >= 0.3 is 12.1 Å². The standard InChI is InChI=1S/C17H16F3NO5S/c1-26-15-7-6-13(10-14(15)22)27(24,25)12-4-2-11(3-5-12)8-9-21-16(23)17(18,19)20/h2-7,10,22H,8-9H2,1H3,(H,21,23). The lowest BCUT2D eigenvalue weighted by Gasteiger charge is -2.09. The Labute approximate surface area is 153 Å². The summed E-state index contributed by atoms with van der Waals surface area (Å²) in [5.41, 5.74) is 0.550. The van der Waals surface area contributed by atoms with Crippen molar-refractivity contribution in [1.29, 1.82) is 0 Å². The van der Waals surface area contributed by atoms with Gasteiger partial charge in [0.05, 0.1) is 16.9 Å². The van der Waals surface area contributed by atoms with Gasteiger partial charge in [0.15, 0.2) is 11.5 Å². The zero-order valence-electron chi connectivity index (χ0n) is 14.1. The van der Waals surface area contributed by atoms with Gasteiger partial charge in [-0.05, 0) is 36.2 Å². The van der Waals surface area contributed by atoms with Crippen molar-refractivity contribution in [2.45, 2.75) is 22.4 Å². The van der Waals surface area contributed by atoms with Gasteiger partial charge in [-0.2, -0.15) is 13.2 Å². The van der Waals surface area contributed by atoms with Gasteiger partial charge in [-0.3, -0.25) is 4.79 Å². The van der Waals surface area contributed by atoms with Crippen molar-refractivity contribution in [1.82, 2.24) is 5.32 Å². The molecule has 0 saturated carbocycles. The zero-order valence-corrected chi connectivity index (χ0v) is 14.9. The summed E-state index contributed by atoms with van der Waals surface area (Å²) in [6, 6.07) is 9.16. The van der Waals surface area contributed by atoms with Gasteiger partial charge in [-0.15, -0.1) is 0 Å². The number of hydrogen-bond donors (Lipinski definition) is 2. The molecule has 2 rings (SSSR count). The molecule has 0 spiro atoms. The second-order valence-electron chi connectivity index (χ2n) is 5.48. The summed E-state index contributed by atoms with van der Waals surface area (Å²) < 4.78 is 66.3. The largest absolute Gasteiger partial charge is 0.504 e. The van der Waals surface area contributed by atoms with Crippen molar-refractivity contribution in [3.8, 4) is 11.5 Å². The second kappa shape index (κ2) is 7.87. The molecule has 0 saturated heterocycles. The van der Waals surface area contributed by atoms with Gasteiger partial charge < -0.3 is 15.2 Å². The van der Waals surface area contributed by atoms with Gasteiger partial charge in [0, 0.05) is 12.6 Å². The van der Waals surface area contributed by atoms with Gasteiger partial charge in [-0.1, -0.05) is 12.1 Å². The summed E-state index contributed by atoms with van der Waals surface area (Å²) in [6.07, 6.45) is -4.84. The Morgan fingerprint density at radius 3 is 2.22 bits per heavy atom. The van der Waals surface area contributed by atoms with Crippen LogP contribution in [0.25, 0.3) is 0 Å². The molecule has 0 fully saturated rings. The number of rotatable bonds is 6. The Hall–Kier alpha value is -2.75. The molecule has 2 aromatic carbocycles. The lowest BCUT2D eigenvalue weighted by molar-refractivity contribution is -0.173. The highest BCUT2D eigenvalue weighted by atomic mass is 32.2. The van der Waals surface area contributed by atoms with Crippen molar-refractivity contribution >= 4 is 15.7 Å². The smallest absolute Gasteiger partial charge is 0.471 e. The average Bonchev–Trinajstić information content (AvgIpc) is 2.61. The van der Waals surface area contributed by atoms with Crippen LogP contribution in [0.4, 0.5) is 13.2 Å². The Balaban J connectivity index is 2.10. The molecule has 6 nitrogen and oxygen atoms in total. The molecule has 1 amide bonds. The molecule has 2 aromatic rings. The average molecular weight is 403 g/mol. The Morgan fingerprint density at radius 1 is 1.11 bits per heavy atom. The zero-order chi connectivity index (χ0) is 20.2.